The highest BCUT2D eigenvalue weighted by atomic mass is 79.9. The summed E-state index contributed by atoms with van der Waals surface area (Å²) in [5.41, 5.74) is 1.02. The van der Waals surface area contributed by atoms with E-state index in [1.165, 1.54) is 23.1 Å². The summed E-state index contributed by atoms with van der Waals surface area (Å²) < 4.78 is 41.1. The molecule has 5 rings (SSSR count). The molecule has 2 aromatic carbocycles. The van der Waals surface area contributed by atoms with Gasteiger partial charge in [0.25, 0.3) is 0 Å². The number of piperazine rings is 1. The van der Waals surface area contributed by atoms with E-state index in [1.54, 1.807) is 12.3 Å². The van der Waals surface area contributed by atoms with Gasteiger partial charge in [0.1, 0.15) is 18.2 Å². The second-order valence-corrected chi connectivity index (χ2v) is 10.2. The SMILES string of the molecule is CN1CCN(c2ncnc3nn(-c4ccc(C(F)(F)F)cc4)cc23)CC1C(=O)NCc1ccc(Br)c(Cl)c1. The maximum absolute atomic E-state index is 13.1. The number of carbonyl (C=O) groups is 1. The van der Waals surface area contributed by atoms with E-state index >= 15 is 0 Å². The lowest BCUT2D eigenvalue weighted by molar-refractivity contribution is -0.137. The molecule has 1 atom stereocenters. The van der Waals surface area contributed by atoms with Gasteiger partial charge >= 0.3 is 6.18 Å². The van der Waals surface area contributed by atoms with Crippen LogP contribution in [0.15, 0.2) is 59.5 Å². The predicted octanol–water partition coefficient (Wildman–Crippen LogP) is 4.69. The number of amides is 1. The zero-order valence-electron chi connectivity index (χ0n) is 20.1. The van der Waals surface area contributed by atoms with Crippen LogP contribution in [0, 0.1) is 0 Å². The van der Waals surface area contributed by atoms with E-state index in [2.05, 4.69) is 36.3 Å². The highest BCUT2D eigenvalue weighted by Gasteiger charge is 2.32. The number of benzene rings is 2. The molecule has 1 N–H and O–H groups in total. The molecule has 13 heteroatoms. The molecule has 0 radical (unpaired) electrons. The van der Waals surface area contributed by atoms with Gasteiger partial charge in [-0.25, -0.2) is 14.6 Å². The van der Waals surface area contributed by atoms with Crippen LogP contribution in [-0.2, 0) is 17.5 Å². The molecule has 1 aliphatic rings. The fourth-order valence-corrected chi connectivity index (χ4v) is 4.77. The van der Waals surface area contributed by atoms with E-state index in [1.807, 2.05) is 29.0 Å². The third-order valence-corrected chi connectivity index (χ3v) is 7.69. The van der Waals surface area contributed by atoms with Gasteiger partial charge in [0, 0.05) is 36.8 Å². The fraction of sp³-hybridized carbons (Fsp3) is 0.280. The van der Waals surface area contributed by atoms with Crippen LogP contribution in [-0.4, -0.2) is 63.3 Å². The molecule has 2 aromatic heterocycles. The maximum atomic E-state index is 13.1. The Labute approximate surface area is 229 Å². The molecule has 8 nitrogen and oxygen atoms in total. The molecule has 38 heavy (non-hydrogen) atoms. The van der Waals surface area contributed by atoms with Crippen molar-refractivity contribution in [3.05, 3.63) is 75.6 Å². The number of halogens is 5. The Hall–Kier alpha value is -3.22. The average molecular weight is 609 g/mol. The van der Waals surface area contributed by atoms with Crippen LogP contribution in [0.4, 0.5) is 19.0 Å². The van der Waals surface area contributed by atoms with Crippen LogP contribution in [0.2, 0.25) is 5.02 Å². The number of aromatic nitrogens is 4. The number of fused-ring (bicyclic) bond motifs is 1. The highest BCUT2D eigenvalue weighted by molar-refractivity contribution is 9.10. The van der Waals surface area contributed by atoms with Gasteiger partial charge in [-0.15, -0.1) is 5.10 Å². The van der Waals surface area contributed by atoms with E-state index in [0.717, 1.165) is 22.2 Å². The van der Waals surface area contributed by atoms with E-state index in [4.69, 9.17) is 11.6 Å². The lowest BCUT2D eigenvalue weighted by Gasteiger charge is -2.39. The molecule has 0 bridgehead atoms. The second kappa shape index (κ2) is 10.5. The van der Waals surface area contributed by atoms with Crippen molar-refractivity contribution in [2.75, 3.05) is 31.6 Å². The van der Waals surface area contributed by atoms with Gasteiger partial charge in [0.2, 0.25) is 5.91 Å². The van der Waals surface area contributed by atoms with Gasteiger partial charge in [-0.05, 0) is 64.9 Å². The molecule has 1 unspecified atom stereocenters. The minimum atomic E-state index is -4.42. The summed E-state index contributed by atoms with van der Waals surface area (Å²) in [6.07, 6.45) is -1.33. The van der Waals surface area contributed by atoms with Crippen LogP contribution >= 0.6 is 27.5 Å². The summed E-state index contributed by atoms with van der Waals surface area (Å²) in [5, 5.41) is 8.63. The van der Waals surface area contributed by atoms with Crippen LogP contribution in [0.1, 0.15) is 11.1 Å². The molecule has 1 aliphatic heterocycles. The van der Waals surface area contributed by atoms with Gasteiger partial charge in [-0.3, -0.25) is 9.69 Å². The zero-order valence-corrected chi connectivity index (χ0v) is 22.4. The molecule has 3 heterocycles. The summed E-state index contributed by atoms with van der Waals surface area (Å²) in [5.74, 6) is 0.487. The second-order valence-electron chi connectivity index (χ2n) is 8.96. The largest absolute Gasteiger partial charge is 0.416 e. The number of nitrogens with one attached hydrogen (secondary N) is 1. The Morgan fingerprint density at radius 2 is 1.92 bits per heavy atom. The number of hydrogen-bond acceptors (Lipinski definition) is 6. The number of hydrogen-bond donors (Lipinski definition) is 1. The first-order chi connectivity index (χ1) is 18.1. The summed E-state index contributed by atoms with van der Waals surface area (Å²) in [4.78, 5) is 25.8. The predicted molar refractivity (Wildman–Crippen MR) is 141 cm³/mol. The molecule has 1 fully saturated rings. The number of likely N-dealkylation sites (N-methyl/N-ethyl adjacent to an activating group) is 1. The van der Waals surface area contributed by atoms with Crippen molar-refractivity contribution in [3.8, 4) is 5.69 Å². The summed E-state index contributed by atoms with van der Waals surface area (Å²) in [6, 6.07) is 9.84. The molecule has 1 saturated heterocycles. The van der Waals surface area contributed by atoms with Gasteiger partial charge in [0.15, 0.2) is 5.65 Å². The third-order valence-electron chi connectivity index (χ3n) is 6.46. The van der Waals surface area contributed by atoms with Crippen molar-refractivity contribution < 1.29 is 18.0 Å². The monoisotopic (exact) mass is 607 g/mol. The molecule has 0 aliphatic carbocycles. The van der Waals surface area contributed by atoms with Crippen molar-refractivity contribution in [3.63, 3.8) is 0 Å². The standard InChI is InChI=1S/C25H22BrClF3N7O/c1-35-8-9-36(13-21(35)24(38)31-11-15-2-7-19(26)20(27)10-15)23-18-12-37(34-22(18)32-14-33-23)17-5-3-16(4-6-17)25(28,29)30/h2-7,10,12,14,21H,8-9,11,13H2,1H3,(H,31,38). The number of nitrogens with zero attached hydrogens (tertiary/aromatic N) is 6. The highest BCUT2D eigenvalue weighted by Crippen LogP contribution is 2.30. The fourth-order valence-electron chi connectivity index (χ4n) is 4.32. The minimum absolute atomic E-state index is 0.123. The maximum Gasteiger partial charge on any atom is 0.416 e. The first kappa shape index (κ1) is 26.4. The molecule has 4 aromatic rings. The number of rotatable bonds is 5. The quantitative estimate of drug-likeness (QED) is 0.354. The van der Waals surface area contributed by atoms with Gasteiger partial charge in [0.05, 0.1) is 21.7 Å². The van der Waals surface area contributed by atoms with E-state index in [-0.39, 0.29) is 5.91 Å². The normalized spacial score (nSPS) is 16.7. The van der Waals surface area contributed by atoms with Crippen molar-refractivity contribution in [2.45, 2.75) is 18.8 Å². The molecule has 0 saturated carbocycles. The van der Waals surface area contributed by atoms with Crippen molar-refractivity contribution >= 4 is 50.3 Å². The Morgan fingerprint density at radius 1 is 1.16 bits per heavy atom. The zero-order chi connectivity index (χ0) is 27.0. The minimum Gasteiger partial charge on any atom is -0.353 e. The van der Waals surface area contributed by atoms with E-state index in [9.17, 15) is 18.0 Å². The van der Waals surface area contributed by atoms with Crippen molar-refractivity contribution in [2.24, 2.45) is 0 Å². The Bertz CT molecular complexity index is 1480. The average Bonchev–Trinajstić information content (AvgIpc) is 3.34. The third kappa shape index (κ3) is 5.47. The van der Waals surface area contributed by atoms with Crippen LogP contribution in [0.3, 0.4) is 0 Å². The summed E-state index contributed by atoms with van der Waals surface area (Å²) in [6.45, 7) is 1.98. The topological polar surface area (TPSA) is 79.2 Å². The van der Waals surface area contributed by atoms with Crippen molar-refractivity contribution in [1.29, 1.82) is 0 Å². The number of alkyl halides is 3. The first-order valence-electron chi connectivity index (χ1n) is 11.6. The molecular formula is C25H22BrClF3N7O. The molecular weight excluding hydrogens is 587 g/mol. The first-order valence-corrected chi connectivity index (χ1v) is 12.8. The van der Waals surface area contributed by atoms with Crippen LogP contribution in [0.5, 0.6) is 0 Å². The van der Waals surface area contributed by atoms with Crippen LogP contribution < -0.4 is 10.2 Å². The summed E-state index contributed by atoms with van der Waals surface area (Å²) >= 11 is 9.52. The lowest BCUT2D eigenvalue weighted by Crippen LogP contribution is -2.57. The van der Waals surface area contributed by atoms with Crippen molar-refractivity contribution in [1.82, 2.24) is 30.0 Å². The Kier molecular flexibility index (Phi) is 7.30. The lowest BCUT2D eigenvalue weighted by atomic mass is 10.1. The van der Waals surface area contributed by atoms with E-state index in [0.29, 0.717) is 53.7 Å². The number of carbonyl (C=O) groups excluding carboxylic acids is 1. The molecule has 1 amide bonds. The molecule has 198 valence electrons. The number of anilines is 1. The van der Waals surface area contributed by atoms with Gasteiger partial charge in [-0.2, -0.15) is 13.2 Å². The molecule has 0 spiro atoms. The smallest absolute Gasteiger partial charge is 0.353 e. The van der Waals surface area contributed by atoms with Gasteiger partial charge in [-0.1, -0.05) is 17.7 Å². The Balaban J connectivity index is 1.34. The van der Waals surface area contributed by atoms with Gasteiger partial charge < -0.3 is 10.2 Å². The van der Waals surface area contributed by atoms with E-state index < -0.39 is 17.8 Å². The summed E-state index contributed by atoms with van der Waals surface area (Å²) in [7, 11) is 1.90. The van der Waals surface area contributed by atoms with Crippen LogP contribution in [0.25, 0.3) is 16.7 Å². The Morgan fingerprint density at radius 3 is 2.63 bits per heavy atom.